The van der Waals surface area contributed by atoms with Crippen molar-refractivity contribution in [2.75, 3.05) is 13.2 Å². The lowest BCUT2D eigenvalue weighted by molar-refractivity contribution is 0.239. The van der Waals surface area contributed by atoms with Crippen LogP contribution in [0.5, 0.6) is 17.2 Å². The lowest BCUT2D eigenvalue weighted by Crippen LogP contribution is -2.44. The van der Waals surface area contributed by atoms with Crippen molar-refractivity contribution in [1.29, 1.82) is 0 Å². The van der Waals surface area contributed by atoms with Crippen LogP contribution in [0, 0.1) is 0 Å². The fraction of sp³-hybridized carbons (Fsp3) is 0.571. The molecule has 0 spiro atoms. The maximum atomic E-state index is 10.3. The summed E-state index contributed by atoms with van der Waals surface area (Å²) in [6, 6.07) is 0. The van der Waals surface area contributed by atoms with Gasteiger partial charge in [-0.3, -0.25) is 0 Å². The van der Waals surface area contributed by atoms with Crippen molar-refractivity contribution in [3.8, 4) is 17.2 Å². The highest BCUT2D eigenvalue weighted by atomic mass is 16.5. The van der Waals surface area contributed by atoms with E-state index in [-0.39, 0.29) is 11.3 Å². The van der Waals surface area contributed by atoms with Gasteiger partial charge in [-0.2, -0.15) is 0 Å². The van der Waals surface area contributed by atoms with Crippen LogP contribution in [0.15, 0.2) is 0 Å². The Hall–Kier alpha value is -1.42. The van der Waals surface area contributed by atoms with Gasteiger partial charge in [0, 0.05) is 35.1 Å². The Labute approximate surface area is 106 Å². The molecular formula is C14H17NO3. The predicted molar refractivity (Wildman–Crippen MR) is 66.2 cm³/mol. The maximum absolute atomic E-state index is 10.3. The Bertz CT molecular complexity index is 499. The summed E-state index contributed by atoms with van der Waals surface area (Å²) >= 11 is 0. The standard InChI is InChI=1S/C14H17NO3/c15-14(4-1-5-14)10-8-2-6-18-13(8)11(16)9-3-7-17-12(9)10/h16H,1-7,15H2. The second kappa shape index (κ2) is 3.32. The zero-order valence-corrected chi connectivity index (χ0v) is 10.3. The number of phenolic OH excluding ortho intramolecular Hbond substituents is 1. The van der Waals surface area contributed by atoms with Crippen molar-refractivity contribution in [1.82, 2.24) is 0 Å². The van der Waals surface area contributed by atoms with Gasteiger partial charge >= 0.3 is 0 Å². The minimum atomic E-state index is -0.264. The Morgan fingerprint density at radius 1 is 1.00 bits per heavy atom. The van der Waals surface area contributed by atoms with Crippen LogP contribution < -0.4 is 15.2 Å². The molecule has 1 saturated carbocycles. The van der Waals surface area contributed by atoms with Gasteiger partial charge in [-0.05, 0) is 19.3 Å². The Balaban J connectivity index is 2.01. The minimum absolute atomic E-state index is 0.264. The molecule has 3 N–H and O–H groups in total. The molecule has 0 saturated heterocycles. The third-order valence-corrected chi connectivity index (χ3v) is 4.52. The third kappa shape index (κ3) is 1.14. The van der Waals surface area contributed by atoms with E-state index >= 15 is 0 Å². The summed E-state index contributed by atoms with van der Waals surface area (Å²) in [6.45, 7) is 1.27. The molecule has 1 aliphatic carbocycles. The quantitative estimate of drug-likeness (QED) is 0.791. The number of rotatable bonds is 1. The summed E-state index contributed by atoms with van der Waals surface area (Å²) in [6.07, 6.45) is 4.75. The van der Waals surface area contributed by atoms with E-state index in [1.165, 1.54) is 6.42 Å². The van der Waals surface area contributed by atoms with Gasteiger partial charge in [-0.25, -0.2) is 0 Å². The molecule has 18 heavy (non-hydrogen) atoms. The summed E-state index contributed by atoms with van der Waals surface area (Å²) in [5, 5.41) is 10.3. The molecule has 0 amide bonds. The summed E-state index contributed by atoms with van der Waals surface area (Å²) in [4.78, 5) is 0. The van der Waals surface area contributed by atoms with E-state index in [2.05, 4.69) is 0 Å². The summed E-state index contributed by atoms with van der Waals surface area (Å²) in [5.74, 6) is 1.78. The van der Waals surface area contributed by atoms with E-state index in [9.17, 15) is 5.11 Å². The molecule has 0 unspecified atom stereocenters. The molecule has 4 nitrogen and oxygen atoms in total. The number of hydrogen-bond donors (Lipinski definition) is 2. The van der Waals surface area contributed by atoms with Crippen LogP contribution in [-0.2, 0) is 18.4 Å². The number of hydrogen-bond acceptors (Lipinski definition) is 4. The molecule has 1 aromatic carbocycles. The first-order chi connectivity index (χ1) is 8.71. The summed E-state index contributed by atoms with van der Waals surface area (Å²) in [7, 11) is 0. The molecule has 4 rings (SSSR count). The fourth-order valence-electron chi connectivity index (χ4n) is 3.42. The molecule has 1 aromatic rings. The Kier molecular flexibility index (Phi) is 1.94. The van der Waals surface area contributed by atoms with Gasteiger partial charge in [0.2, 0.25) is 0 Å². The second-order valence-corrected chi connectivity index (χ2v) is 5.55. The molecule has 2 aliphatic heterocycles. The van der Waals surface area contributed by atoms with Crippen LogP contribution in [0.2, 0.25) is 0 Å². The van der Waals surface area contributed by atoms with Crippen molar-refractivity contribution in [2.45, 2.75) is 37.6 Å². The van der Waals surface area contributed by atoms with Gasteiger partial charge in [0.15, 0.2) is 11.5 Å². The molecule has 0 aromatic heterocycles. The van der Waals surface area contributed by atoms with Gasteiger partial charge in [0.1, 0.15) is 5.75 Å². The predicted octanol–water partition coefficient (Wildman–Crippen LogP) is 1.60. The van der Waals surface area contributed by atoms with Crippen molar-refractivity contribution >= 4 is 0 Å². The summed E-state index contributed by atoms with van der Waals surface area (Å²) in [5.41, 5.74) is 9.33. The first kappa shape index (κ1) is 10.5. The first-order valence-corrected chi connectivity index (χ1v) is 6.66. The molecule has 0 radical (unpaired) electrons. The highest BCUT2D eigenvalue weighted by molar-refractivity contribution is 5.67. The van der Waals surface area contributed by atoms with Crippen molar-refractivity contribution in [3.63, 3.8) is 0 Å². The SMILES string of the molecule is NC1(c2c3c(c(O)c4c2OCC4)OCC3)CCC1. The molecule has 3 aliphatic rings. The highest BCUT2D eigenvalue weighted by Gasteiger charge is 2.43. The zero-order valence-electron chi connectivity index (χ0n) is 10.3. The summed E-state index contributed by atoms with van der Waals surface area (Å²) < 4.78 is 11.4. The van der Waals surface area contributed by atoms with Crippen LogP contribution in [-0.4, -0.2) is 18.3 Å². The lowest BCUT2D eigenvalue weighted by atomic mass is 9.70. The van der Waals surface area contributed by atoms with Crippen LogP contribution in [0.4, 0.5) is 0 Å². The topological polar surface area (TPSA) is 64.7 Å². The van der Waals surface area contributed by atoms with E-state index in [0.29, 0.717) is 19.0 Å². The number of phenols is 1. The first-order valence-electron chi connectivity index (χ1n) is 6.66. The van der Waals surface area contributed by atoms with Crippen LogP contribution in [0.1, 0.15) is 36.0 Å². The molecular weight excluding hydrogens is 230 g/mol. The van der Waals surface area contributed by atoms with Crippen LogP contribution in [0.25, 0.3) is 0 Å². The van der Waals surface area contributed by atoms with Crippen LogP contribution in [0.3, 0.4) is 0 Å². The monoisotopic (exact) mass is 247 g/mol. The average molecular weight is 247 g/mol. The normalized spacial score (nSPS) is 22.7. The van der Waals surface area contributed by atoms with Gasteiger partial charge in [0.25, 0.3) is 0 Å². The van der Waals surface area contributed by atoms with Gasteiger partial charge in [-0.1, -0.05) is 0 Å². The largest absolute Gasteiger partial charge is 0.504 e. The smallest absolute Gasteiger partial charge is 0.165 e. The van der Waals surface area contributed by atoms with Crippen molar-refractivity contribution in [3.05, 3.63) is 16.7 Å². The van der Waals surface area contributed by atoms with Crippen molar-refractivity contribution in [2.24, 2.45) is 5.73 Å². The minimum Gasteiger partial charge on any atom is -0.504 e. The molecule has 0 bridgehead atoms. The maximum Gasteiger partial charge on any atom is 0.165 e. The molecule has 1 fully saturated rings. The van der Waals surface area contributed by atoms with E-state index in [0.717, 1.165) is 48.1 Å². The molecule has 0 atom stereocenters. The van der Waals surface area contributed by atoms with E-state index < -0.39 is 0 Å². The van der Waals surface area contributed by atoms with Gasteiger partial charge in [-0.15, -0.1) is 0 Å². The van der Waals surface area contributed by atoms with Gasteiger partial charge in [0.05, 0.1) is 13.2 Å². The van der Waals surface area contributed by atoms with E-state index in [1.54, 1.807) is 0 Å². The Morgan fingerprint density at radius 2 is 1.67 bits per heavy atom. The highest BCUT2D eigenvalue weighted by Crippen LogP contribution is 2.54. The number of ether oxygens (including phenoxy) is 2. The van der Waals surface area contributed by atoms with E-state index in [1.807, 2.05) is 0 Å². The lowest BCUT2D eigenvalue weighted by Gasteiger charge is -2.40. The van der Waals surface area contributed by atoms with E-state index in [4.69, 9.17) is 15.2 Å². The third-order valence-electron chi connectivity index (χ3n) is 4.52. The number of aromatic hydroxyl groups is 1. The molecule has 4 heteroatoms. The molecule has 96 valence electrons. The second-order valence-electron chi connectivity index (χ2n) is 5.55. The Morgan fingerprint density at radius 3 is 2.33 bits per heavy atom. The fourth-order valence-corrected chi connectivity index (χ4v) is 3.42. The zero-order chi connectivity index (χ0) is 12.3. The number of benzene rings is 1. The van der Waals surface area contributed by atoms with Crippen molar-refractivity contribution < 1.29 is 14.6 Å². The van der Waals surface area contributed by atoms with Crippen LogP contribution >= 0.6 is 0 Å². The van der Waals surface area contributed by atoms with Gasteiger partial charge < -0.3 is 20.3 Å². The number of fused-ring (bicyclic) bond motifs is 2. The average Bonchev–Trinajstić information content (AvgIpc) is 2.94. The number of nitrogens with two attached hydrogens (primary N) is 1. The molecule has 2 heterocycles.